The molecule has 1 heterocycles. The fourth-order valence-electron chi connectivity index (χ4n) is 4.19. The van der Waals surface area contributed by atoms with Crippen molar-refractivity contribution in [1.29, 1.82) is 0 Å². The highest BCUT2D eigenvalue weighted by atomic mass is 16.5. The second kappa shape index (κ2) is 6.77. The van der Waals surface area contributed by atoms with Crippen molar-refractivity contribution in [2.24, 2.45) is 4.99 Å². The minimum Gasteiger partial charge on any atom is -0.475 e. The largest absolute Gasteiger partial charge is 0.475 e. The molecule has 3 aromatic rings. The highest BCUT2D eigenvalue weighted by Gasteiger charge is 2.31. The molecule has 0 aromatic heterocycles. The van der Waals surface area contributed by atoms with Crippen LogP contribution in [0.1, 0.15) is 55.9 Å². The second-order valence-electron chi connectivity index (χ2n) is 8.99. The molecule has 0 saturated heterocycles. The van der Waals surface area contributed by atoms with Gasteiger partial charge in [-0.2, -0.15) is 0 Å². The summed E-state index contributed by atoms with van der Waals surface area (Å²) < 4.78 is 6.17. The van der Waals surface area contributed by atoms with Gasteiger partial charge in [0.15, 0.2) is 0 Å². The van der Waals surface area contributed by atoms with Crippen molar-refractivity contribution in [2.75, 3.05) is 6.61 Å². The van der Waals surface area contributed by atoms with Gasteiger partial charge < -0.3 is 4.74 Å². The Hall–Kier alpha value is -2.61. The van der Waals surface area contributed by atoms with Gasteiger partial charge in [-0.15, -0.1) is 0 Å². The standard InChI is InChI=1S/C26H29NO/c1-16(2)22-14-19-9-7-8-10-21(19)23(20-12-17(3)11-18(4)13-20)24(22)25-27-26(5,6)15-28-25/h7-14,16H,15H2,1-6H3. The van der Waals surface area contributed by atoms with Crippen LogP contribution in [0.5, 0.6) is 0 Å². The second-order valence-corrected chi connectivity index (χ2v) is 8.99. The molecule has 3 aromatic carbocycles. The van der Waals surface area contributed by atoms with Gasteiger partial charge in [0.1, 0.15) is 6.61 Å². The van der Waals surface area contributed by atoms with E-state index in [9.17, 15) is 0 Å². The lowest BCUT2D eigenvalue weighted by Gasteiger charge is -2.21. The summed E-state index contributed by atoms with van der Waals surface area (Å²) in [6, 6.07) is 17.8. The number of hydrogen-bond acceptors (Lipinski definition) is 2. The average molecular weight is 372 g/mol. The molecule has 144 valence electrons. The Bertz CT molecular complexity index is 1070. The maximum atomic E-state index is 6.17. The smallest absolute Gasteiger partial charge is 0.217 e. The van der Waals surface area contributed by atoms with Crippen LogP contribution >= 0.6 is 0 Å². The van der Waals surface area contributed by atoms with Crippen molar-refractivity contribution < 1.29 is 4.74 Å². The van der Waals surface area contributed by atoms with E-state index in [0.717, 1.165) is 11.5 Å². The molecule has 0 amide bonds. The topological polar surface area (TPSA) is 21.6 Å². The molecule has 4 rings (SSSR count). The lowest BCUT2D eigenvalue weighted by Crippen LogP contribution is -2.17. The summed E-state index contributed by atoms with van der Waals surface area (Å²) in [7, 11) is 0. The lowest BCUT2D eigenvalue weighted by molar-refractivity contribution is 0.279. The monoisotopic (exact) mass is 371 g/mol. The number of ether oxygens (including phenoxy) is 1. The molecule has 2 heteroatoms. The number of nitrogens with zero attached hydrogens (tertiary/aromatic N) is 1. The normalized spacial score (nSPS) is 15.8. The van der Waals surface area contributed by atoms with Gasteiger partial charge in [-0.25, -0.2) is 4.99 Å². The Morgan fingerprint density at radius 2 is 1.61 bits per heavy atom. The van der Waals surface area contributed by atoms with E-state index >= 15 is 0 Å². The number of aliphatic imine (C=N–C) groups is 1. The molecule has 0 atom stereocenters. The number of hydrogen-bond donors (Lipinski definition) is 0. The molecule has 0 spiro atoms. The number of fused-ring (bicyclic) bond motifs is 1. The van der Waals surface area contributed by atoms with E-state index in [1.807, 2.05) is 0 Å². The SMILES string of the molecule is Cc1cc(C)cc(-c2c(C3=NC(C)(C)CO3)c(C(C)C)cc3ccccc23)c1. The van der Waals surface area contributed by atoms with Crippen molar-refractivity contribution in [3.8, 4) is 11.1 Å². The Labute approximate surface area is 168 Å². The average Bonchev–Trinajstić information content (AvgIpc) is 2.98. The van der Waals surface area contributed by atoms with E-state index in [4.69, 9.17) is 9.73 Å². The first-order valence-electron chi connectivity index (χ1n) is 10.1. The van der Waals surface area contributed by atoms with Crippen LogP contribution in [0, 0.1) is 13.8 Å². The molecule has 0 fully saturated rings. The van der Waals surface area contributed by atoms with Gasteiger partial charge in [0.05, 0.1) is 5.54 Å². The van der Waals surface area contributed by atoms with Gasteiger partial charge in [0.25, 0.3) is 0 Å². The van der Waals surface area contributed by atoms with Gasteiger partial charge in [-0.05, 0) is 55.5 Å². The molecule has 0 saturated carbocycles. The van der Waals surface area contributed by atoms with Crippen LogP contribution in [-0.4, -0.2) is 18.0 Å². The third-order valence-electron chi connectivity index (χ3n) is 5.39. The van der Waals surface area contributed by atoms with E-state index in [1.165, 1.54) is 38.6 Å². The van der Waals surface area contributed by atoms with Crippen molar-refractivity contribution >= 4 is 16.7 Å². The van der Waals surface area contributed by atoms with E-state index < -0.39 is 0 Å². The Balaban J connectivity index is 2.15. The van der Waals surface area contributed by atoms with E-state index in [0.29, 0.717) is 12.5 Å². The molecule has 28 heavy (non-hydrogen) atoms. The van der Waals surface area contributed by atoms with Crippen molar-refractivity contribution in [2.45, 2.75) is 53.0 Å². The maximum absolute atomic E-state index is 6.17. The first kappa shape index (κ1) is 18.7. The molecule has 0 aliphatic carbocycles. The van der Waals surface area contributed by atoms with Crippen LogP contribution in [0.15, 0.2) is 53.5 Å². The predicted molar refractivity (Wildman–Crippen MR) is 120 cm³/mol. The molecule has 1 aliphatic heterocycles. The van der Waals surface area contributed by atoms with Crippen LogP contribution in [0.2, 0.25) is 0 Å². The van der Waals surface area contributed by atoms with Gasteiger partial charge in [0.2, 0.25) is 5.90 Å². The molecule has 0 unspecified atom stereocenters. The molecular weight excluding hydrogens is 342 g/mol. The zero-order valence-electron chi connectivity index (χ0n) is 17.8. The first-order chi connectivity index (χ1) is 13.2. The first-order valence-corrected chi connectivity index (χ1v) is 10.1. The predicted octanol–water partition coefficient (Wildman–Crippen LogP) is 6.80. The van der Waals surface area contributed by atoms with Crippen LogP contribution < -0.4 is 0 Å². The Morgan fingerprint density at radius 1 is 0.929 bits per heavy atom. The lowest BCUT2D eigenvalue weighted by atomic mass is 9.85. The van der Waals surface area contributed by atoms with Crippen LogP contribution in [0.4, 0.5) is 0 Å². The summed E-state index contributed by atoms with van der Waals surface area (Å²) in [5.41, 5.74) is 7.29. The highest BCUT2D eigenvalue weighted by molar-refractivity contribution is 6.12. The van der Waals surface area contributed by atoms with Crippen molar-refractivity contribution in [3.05, 3.63) is 70.8 Å². The van der Waals surface area contributed by atoms with Crippen LogP contribution in [0.3, 0.4) is 0 Å². The maximum Gasteiger partial charge on any atom is 0.217 e. The van der Waals surface area contributed by atoms with E-state index in [1.54, 1.807) is 0 Å². The number of rotatable bonds is 3. The zero-order valence-corrected chi connectivity index (χ0v) is 17.8. The third-order valence-corrected chi connectivity index (χ3v) is 5.39. The van der Waals surface area contributed by atoms with E-state index in [-0.39, 0.29) is 5.54 Å². The third kappa shape index (κ3) is 3.32. The Kier molecular flexibility index (Phi) is 4.53. The summed E-state index contributed by atoms with van der Waals surface area (Å²) >= 11 is 0. The molecular formula is C26H29NO. The molecule has 2 nitrogen and oxygen atoms in total. The molecule has 0 radical (unpaired) electrons. The molecule has 1 aliphatic rings. The van der Waals surface area contributed by atoms with Gasteiger partial charge in [-0.1, -0.05) is 73.5 Å². The summed E-state index contributed by atoms with van der Waals surface area (Å²) in [4.78, 5) is 4.97. The minimum atomic E-state index is -0.185. The van der Waals surface area contributed by atoms with Gasteiger partial charge in [0, 0.05) is 11.1 Å². The fraction of sp³-hybridized carbons (Fsp3) is 0.346. The summed E-state index contributed by atoms with van der Waals surface area (Å²) in [6.45, 7) is 13.7. The number of benzene rings is 3. The minimum absolute atomic E-state index is 0.185. The van der Waals surface area contributed by atoms with Crippen molar-refractivity contribution in [3.63, 3.8) is 0 Å². The molecule has 0 bridgehead atoms. The van der Waals surface area contributed by atoms with Crippen LogP contribution in [0.25, 0.3) is 21.9 Å². The number of aryl methyl sites for hydroxylation is 2. The van der Waals surface area contributed by atoms with Gasteiger partial charge in [-0.3, -0.25) is 0 Å². The highest BCUT2D eigenvalue weighted by Crippen LogP contribution is 2.40. The zero-order chi connectivity index (χ0) is 20.1. The van der Waals surface area contributed by atoms with Gasteiger partial charge >= 0.3 is 0 Å². The summed E-state index contributed by atoms with van der Waals surface area (Å²) in [6.07, 6.45) is 0. The van der Waals surface area contributed by atoms with E-state index in [2.05, 4.69) is 90.1 Å². The van der Waals surface area contributed by atoms with Crippen LogP contribution in [-0.2, 0) is 4.74 Å². The fourth-order valence-corrected chi connectivity index (χ4v) is 4.19. The van der Waals surface area contributed by atoms with Crippen molar-refractivity contribution in [1.82, 2.24) is 0 Å². The summed E-state index contributed by atoms with van der Waals surface area (Å²) in [5.74, 6) is 1.16. The summed E-state index contributed by atoms with van der Waals surface area (Å²) in [5, 5.41) is 2.52. The molecule has 0 N–H and O–H groups in total. The quantitative estimate of drug-likeness (QED) is 0.496. The Morgan fingerprint density at radius 3 is 2.21 bits per heavy atom.